The summed E-state index contributed by atoms with van der Waals surface area (Å²) in [5.74, 6) is 0.668. The molecule has 1 aromatic heterocycles. The van der Waals surface area contributed by atoms with Crippen LogP contribution in [0.1, 0.15) is 12.5 Å². The molecule has 4 nitrogen and oxygen atoms in total. The van der Waals surface area contributed by atoms with E-state index in [1.165, 1.54) is 0 Å². The Hall–Kier alpha value is -0.820. The predicted octanol–water partition coefficient (Wildman–Crippen LogP) is 4.31. The molecule has 0 amide bonds. The number of hydrogen-bond donors (Lipinski definition) is 2. The molecule has 0 aliphatic heterocycles. The molecular formula is C13H13BrCl2N4S. The second kappa shape index (κ2) is 7.45. The zero-order chi connectivity index (χ0) is 15.4. The normalized spacial score (nSPS) is 10.5. The summed E-state index contributed by atoms with van der Waals surface area (Å²) in [6.07, 6.45) is 1.87. The lowest BCUT2D eigenvalue weighted by atomic mass is 10.2. The van der Waals surface area contributed by atoms with Crippen molar-refractivity contribution in [3.8, 4) is 0 Å². The SMILES string of the molecule is CCNC(=S)Nc1nn(Cc2ccc(Cl)c(Cl)c2)cc1Br. The van der Waals surface area contributed by atoms with Gasteiger partial charge in [-0.2, -0.15) is 5.10 Å². The highest BCUT2D eigenvalue weighted by molar-refractivity contribution is 9.10. The van der Waals surface area contributed by atoms with Crippen LogP contribution >= 0.6 is 51.3 Å². The van der Waals surface area contributed by atoms with Gasteiger partial charge in [0.15, 0.2) is 10.9 Å². The van der Waals surface area contributed by atoms with Crippen LogP contribution in [-0.2, 0) is 6.54 Å². The van der Waals surface area contributed by atoms with Crippen molar-refractivity contribution in [2.75, 3.05) is 11.9 Å². The summed E-state index contributed by atoms with van der Waals surface area (Å²) in [6, 6.07) is 5.52. The van der Waals surface area contributed by atoms with Crippen LogP contribution in [0.2, 0.25) is 10.0 Å². The van der Waals surface area contributed by atoms with Gasteiger partial charge in [-0.05, 0) is 52.8 Å². The molecule has 0 fully saturated rings. The molecule has 2 aromatic rings. The minimum absolute atomic E-state index is 0.534. The summed E-state index contributed by atoms with van der Waals surface area (Å²) in [4.78, 5) is 0. The van der Waals surface area contributed by atoms with Crippen molar-refractivity contribution in [2.24, 2.45) is 0 Å². The summed E-state index contributed by atoms with van der Waals surface area (Å²) in [5, 5.41) is 12.1. The van der Waals surface area contributed by atoms with Crippen LogP contribution in [0.4, 0.5) is 5.82 Å². The lowest BCUT2D eigenvalue weighted by Crippen LogP contribution is -2.28. The van der Waals surface area contributed by atoms with Crippen LogP contribution in [0, 0.1) is 0 Å². The number of rotatable bonds is 4. The standard InChI is InChI=1S/C13H13BrCl2N4S/c1-2-17-13(21)18-12-9(14)7-20(19-12)6-8-3-4-10(15)11(16)5-8/h3-5,7H,2,6H2,1H3,(H2,17,18,19,21). The number of benzene rings is 1. The second-order valence-electron chi connectivity index (χ2n) is 4.26. The van der Waals surface area contributed by atoms with E-state index in [4.69, 9.17) is 35.4 Å². The van der Waals surface area contributed by atoms with Gasteiger partial charge in [0.25, 0.3) is 0 Å². The third kappa shape index (κ3) is 4.57. The highest BCUT2D eigenvalue weighted by Crippen LogP contribution is 2.24. The zero-order valence-corrected chi connectivity index (χ0v) is 15.1. The molecule has 1 aromatic carbocycles. The van der Waals surface area contributed by atoms with E-state index >= 15 is 0 Å². The lowest BCUT2D eigenvalue weighted by molar-refractivity contribution is 0.689. The highest BCUT2D eigenvalue weighted by Gasteiger charge is 2.09. The minimum Gasteiger partial charge on any atom is -0.363 e. The van der Waals surface area contributed by atoms with Gasteiger partial charge in [-0.3, -0.25) is 4.68 Å². The molecule has 21 heavy (non-hydrogen) atoms. The zero-order valence-electron chi connectivity index (χ0n) is 11.2. The first-order valence-corrected chi connectivity index (χ1v) is 8.17. The Kier molecular flexibility index (Phi) is 5.87. The third-order valence-electron chi connectivity index (χ3n) is 2.61. The van der Waals surface area contributed by atoms with Gasteiger partial charge in [0.05, 0.1) is 21.1 Å². The molecule has 1 heterocycles. The number of anilines is 1. The predicted molar refractivity (Wildman–Crippen MR) is 95.4 cm³/mol. The fourth-order valence-electron chi connectivity index (χ4n) is 1.70. The number of aromatic nitrogens is 2. The van der Waals surface area contributed by atoms with Crippen LogP contribution in [0.3, 0.4) is 0 Å². The van der Waals surface area contributed by atoms with E-state index in [1.807, 2.05) is 25.3 Å². The van der Waals surface area contributed by atoms with Crippen molar-refractivity contribution in [1.29, 1.82) is 0 Å². The molecule has 0 spiro atoms. The first-order valence-electron chi connectivity index (χ1n) is 6.21. The first-order chi connectivity index (χ1) is 9.99. The average molecular weight is 408 g/mol. The smallest absolute Gasteiger partial charge is 0.172 e. The Morgan fingerprint density at radius 1 is 1.38 bits per heavy atom. The maximum Gasteiger partial charge on any atom is 0.172 e. The van der Waals surface area contributed by atoms with Crippen molar-refractivity contribution >= 4 is 62.3 Å². The van der Waals surface area contributed by atoms with E-state index < -0.39 is 0 Å². The summed E-state index contributed by atoms with van der Waals surface area (Å²) >= 11 is 20.5. The topological polar surface area (TPSA) is 41.9 Å². The number of halogens is 3. The van der Waals surface area contributed by atoms with E-state index in [1.54, 1.807) is 10.7 Å². The van der Waals surface area contributed by atoms with Gasteiger partial charge >= 0.3 is 0 Å². The molecule has 8 heteroatoms. The van der Waals surface area contributed by atoms with Gasteiger partial charge < -0.3 is 10.6 Å². The van der Waals surface area contributed by atoms with Gasteiger partial charge in [0, 0.05) is 12.7 Å². The maximum absolute atomic E-state index is 6.01. The van der Waals surface area contributed by atoms with Crippen LogP contribution in [0.15, 0.2) is 28.9 Å². The van der Waals surface area contributed by atoms with E-state index in [-0.39, 0.29) is 0 Å². The van der Waals surface area contributed by atoms with E-state index in [2.05, 4.69) is 31.7 Å². The number of nitrogens with one attached hydrogen (secondary N) is 2. The molecule has 0 unspecified atom stereocenters. The molecule has 2 rings (SSSR count). The Morgan fingerprint density at radius 2 is 2.14 bits per heavy atom. The Bertz CT molecular complexity index is 660. The fraction of sp³-hybridized carbons (Fsp3) is 0.231. The summed E-state index contributed by atoms with van der Waals surface area (Å²) in [6.45, 7) is 3.32. The molecule has 0 aliphatic carbocycles. The van der Waals surface area contributed by atoms with Crippen molar-refractivity contribution < 1.29 is 0 Å². The van der Waals surface area contributed by atoms with Gasteiger partial charge in [0.1, 0.15) is 0 Å². The number of thiocarbonyl (C=S) groups is 1. The van der Waals surface area contributed by atoms with Gasteiger partial charge in [-0.25, -0.2) is 0 Å². The fourth-order valence-corrected chi connectivity index (χ4v) is 2.68. The Balaban J connectivity index is 2.11. The summed E-state index contributed by atoms with van der Waals surface area (Å²) < 4.78 is 2.63. The highest BCUT2D eigenvalue weighted by atomic mass is 79.9. The third-order valence-corrected chi connectivity index (χ3v) is 4.18. The van der Waals surface area contributed by atoms with Crippen LogP contribution < -0.4 is 10.6 Å². The molecule has 0 radical (unpaired) electrons. The van der Waals surface area contributed by atoms with Crippen LogP contribution in [0.5, 0.6) is 0 Å². The Labute approximate surface area is 146 Å². The van der Waals surface area contributed by atoms with Crippen molar-refractivity contribution in [3.63, 3.8) is 0 Å². The van der Waals surface area contributed by atoms with Crippen LogP contribution in [-0.4, -0.2) is 21.4 Å². The van der Waals surface area contributed by atoms with Gasteiger partial charge in [-0.1, -0.05) is 29.3 Å². The number of nitrogens with zero attached hydrogens (tertiary/aromatic N) is 2. The molecular weight excluding hydrogens is 395 g/mol. The lowest BCUT2D eigenvalue weighted by Gasteiger charge is -2.06. The van der Waals surface area contributed by atoms with Gasteiger partial charge in [-0.15, -0.1) is 0 Å². The molecule has 0 atom stereocenters. The van der Waals surface area contributed by atoms with E-state index in [0.29, 0.717) is 27.5 Å². The molecule has 0 saturated heterocycles. The number of hydrogen-bond acceptors (Lipinski definition) is 2. The minimum atomic E-state index is 0.534. The monoisotopic (exact) mass is 406 g/mol. The summed E-state index contributed by atoms with van der Waals surface area (Å²) in [7, 11) is 0. The first kappa shape index (κ1) is 16.5. The van der Waals surface area contributed by atoms with Crippen molar-refractivity contribution in [1.82, 2.24) is 15.1 Å². The molecule has 0 saturated carbocycles. The summed E-state index contributed by atoms with van der Waals surface area (Å²) in [5.41, 5.74) is 1.01. The van der Waals surface area contributed by atoms with Crippen molar-refractivity contribution in [3.05, 3.63) is 44.5 Å². The van der Waals surface area contributed by atoms with E-state index in [9.17, 15) is 0 Å². The molecule has 112 valence electrons. The molecule has 2 N–H and O–H groups in total. The van der Waals surface area contributed by atoms with Crippen molar-refractivity contribution in [2.45, 2.75) is 13.5 Å². The Morgan fingerprint density at radius 3 is 2.81 bits per heavy atom. The largest absolute Gasteiger partial charge is 0.363 e. The van der Waals surface area contributed by atoms with Gasteiger partial charge in [0.2, 0.25) is 0 Å². The maximum atomic E-state index is 6.01. The average Bonchev–Trinajstić information content (AvgIpc) is 2.74. The van der Waals surface area contributed by atoms with E-state index in [0.717, 1.165) is 16.6 Å². The van der Waals surface area contributed by atoms with Crippen LogP contribution in [0.25, 0.3) is 0 Å². The molecule has 0 aliphatic rings. The quantitative estimate of drug-likeness (QED) is 0.741. The second-order valence-corrected chi connectivity index (χ2v) is 6.33. The molecule has 0 bridgehead atoms.